The van der Waals surface area contributed by atoms with Gasteiger partial charge in [0.2, 0.25) is 0 Å². The summed E-state index contributed by atoms with van der Waals surface area (Å²) in [7, 11) is 0. The van der Waals surface area contributed by atoms with Crippen LogP contribution < -0.4 is 0 Å². The van der Waals surface area contributed by atoms with Crippen LogP contribution in [0.5, 0.6) is 0 Å². The van der Waals surface area contributed by atoms with Gasteiger partial charge in [0.25, 0.3) is 0 Å². The lowest BCUT2D eigenvalue weighted by Gasteiger charge is -2.09. The quantitative estimate of drug-likeness (QED) is 0.824. The van der Waals surface area contributed by atoms with Gasteiger partial charge in [0.15, 0.2) is 0 Å². The standard InChI is InChI=1S/C11H12BrFO/c1-2-4-9(14)7-8-5-3-6-10(13)11(8)12/h2-3,5-6,9,14H,1,4,7H2. The van der Waals surface area contributed by atoms with E-state index in [1.54, 1.807) is 18.2 Å². The molecule has 1 N–H and O–H groups in total. The molecule has 76 valence electrons. The summed E-state index contributed by atoms with van der Waals surface area (Å²) in [6, 6.07) is 4.81. The van der Waals surface area contributed by atoms with E-state index >= 15 is 0 Å². The Bertz CT molecular complexity index is 325. The van der Waals surface area contributed by atoms with Gasteiger partial charge < -0.3 is 5.11 Å². The monoisotopic (exact) mass is 258 g/mol. The van der Waals surface area contributed by atoms with Crippen LogP contribution in [0.4, 0.5) is 4.39 Å². The second kappa shape index (κ2) is 5.27. The fraction of sp³-hybridized carbons (Fsp3) is 0.273. The van der Waals surface area contributed by atoms with Gasteiger partial charge in [-0.15, -0.1) is 6.58 Å². The molecule has 0 fully saturated rings. The summed E-state index contributed by atoms with van der Waals surface area (Å²) in [5, 5.41) is 9.50. The first-order valence-corrected chi connectivity index (χ1v) is 5.16. The molecule has 1 unspecified atom stereocenters. The fourth-order valence-corrected chi connectivity index (χ4v) is 1.66. The van der Waals surface area contributed by atoms with Gasteiger partial charge in [0.1, 0.15) is 5.82 Å². The summed E-state index contributed by atoms with van der Waals surface area (Å²) >= 11 is 3.15. The smallest absolute Gasteiger partial charge is 0.137 e. The van der Waals surface area contributed by atoms with Gasteiger partial charge in [-0.2, -0.15) is 0 Å². The Kier molecular flexibility index (Phi) is 4.29. The molecule has 0 aromatic heterocycles. The van der Waals surface area contributed by atoms with Crippen molar-refractivity contribution in [2.45, 2.75) is 18.9 Å². The van der Waals surface area contributed by atoms with Crippen LogP contribution >= 0.6 is 15.9 Å². The first kappa shape index (κ1) is 11.4. The third kappa shape index (κ3) is 2.93. The third-order valence-corrected chi connectivity index (χ3v) is 2.81. The van der Waals surface area contributed by atoms with Crippen molar-refractivity contribution in [3.8, 4) is 0 Å². The Morgan fingerprint density at radius 2 is 2.29 bits per heavy atom. The molecular formula is C11H12BrFO. The molecule has 0 spiro atoms. The van der Waals surface area contributed by atoms with E-state index < -0.39 is 6.10 Å². The highest BCUT2D eigenvalue weighted by atomic mass is 79.9. The van der Waals surface area contributed by atoms with Gasteiger partial charge in [0, 0.05) is 0 Å². The van der Waals surface area contributed by atoms with Crippen molar-refractivity contribution in [2.24, 2.45) is 0 Å². The van der Waals surface area contributed by atoms with E-state index in [0.29, 0.717) is 17.3 Å². The van der Waals surface area contributed by atoms with Gasteiger partial charge in [0.05, 0.1) is 10.6 Å². The van der Waals surface area contributed by atoms with Crippen molar-refractivity contribution in [1.29, 1.82) is 0 Å². The number of aliphatic hydroxyl groups excluding tert-OH is 1. The third-order valence-electron chi connectivity index (χ3n) is 1.93. The minimum atomic E-state index is -0.495. The molecule has 3 heteroatoms. The molecule has 0 radical (unpaired) electrons. The predicted octanol–water partition coefficient (Wildman–Crippen LogP) is 3.07. The van der Waals surface area contributed by atoms with Crippen LogP contribution in [0, 0.1) is 5.82 Å². The van der Waals surface area contributed by atoms with E-state index in [0.717, 1.165) is 5.56 Å². The zero-order chi connectivity index (χ0) is 10.6. The second-order valence-electron chi connectivity index (χ2n) is 3.10. The summed E-state index contributed by atoms with van der Waals surface area (Å²) < 4.78 is 13.5. The van der Waals surface area contributed by atoms with Gasteiger partial charge in [-0.3, -0.25) is 0 Å². The highest BCUT2D eigenvalue weighted by Crippen LogP contribution is 2.22. The lowest BCUT2D eigenvalue weighted by molar-refractivity contribution is 0.178. The molecule has 1 nitrogen and oxygen atoms in total. The minimum Gasteiger partial charge on any atom is -0.392 e. The molecule has 0 heterocycles. The molecule has 0 amide bonds. The first-order valence-electron chi connectivity index (χ1n) is 4.37. The summed E-state index contributed by atoms with van der Waals surface area (Å²) in [6.45, 7) is 3.54. The van der Waals surface area contributed by atoms with Crippen LogP contribution in [-0.4, -0.2) is 11.2 Å². The average Bonchev–Trinajstić information content (AvgIpc) is 2.13. The van der Waals surface area contributed by atoms with Crippen molar-refractivity contribution in [3.05, 3.63) is 46.7 Å². The molecule has 1 aromatic rings. The van der Waals surface area contributed by atoms with Crippen molar-refractivity contribution in [2.75, 3.05) is 0 Å². The van der Waals surface area contributed by atoms with Gasteiger partial charge >= 0.3 is 0 Å². The highest BCUT2D eigenvalue weighted by molar-refractivity contribution is 9.10. The molecule has 1 atom stereocenters. The van der Waals surface area contributed by atoms with Crippen molar-refractivity contribution < 1.29 is 9.50 Å². The van der Waals surface area contributed by atoms with Gasteiger partial charge in [-0.1, -0.05) is 18.2 Å². The molecule has 0 aliphatic heterocycles. The molecule has 14 heavy (non-hydrogen) atoms. The molecular weight excluding hydrogens is 247 g/mol. The van der Waals surface area contributed by atoms with Crippen molar-refractivity contribution >= 4 is 15.9 Å². The van der Waals surface area contributed by atoms with Gasteiger partial charge in [-0.05, 0) is 40.4 Å². The van der Waals surface area contributed by atoms with E-state index in [1.807, 2.05) is 0 Å². The van der Waals surface area contributed by atoms with Crippen molar-refractivity contribution in [1.82, 2.24) is 0 Å². The largest absolute Gasteiger partial charge is 0.392 e. The Hall–Kier alpha value is -0.670. The number of aliphatic hydroxyl groups is 1. The van der Waals surface area contributed by atoms with Crippen LogP contribution in [0.1, 0.15) is 12.0 Å². The van der Waals surface area contributed by atoms with E-state index in [1.165, 1.54) is 6.07 Å². The summed E-state index contributed by atoms with van der Waals surface area (Å²) in [6.07, 6.45) is 2.11. The number of rotatable bonds is 4. The normalized spacial score (nSPS) is 12.5. The van der Waals surface area contributed by atoms with E-state index in [4.69, 9.17) is 0 Å². The zero-order valence-electron chi connectivity index (χ0n) is 7.71. The predicted molar refractivity (Wildman–Crippen MR) is 58.6 cm³/mol. The minimum absolute atomic E-state index is 0.298. The Morgan fingerprint density at radius 1 is 1.57 bits per heavy atom. The Labute approximate surface area is 91.4 Å². The van der Waals surface area contributed by atoms with E-state index in [2.05, 4.69) is 22.5 Å². The average molecular weight is 259 g/mol. The molecule has 0 saturated carbocycles. The SMILES string of the molecule is C=CCC(O)Cc1cccc(F)c1Br. The molecule has 0 aliphatic carbocycles. The number of hydrogen-bond acceptors (Lipinski definition) is 1. The molecule has 0 bridgehead atoms. The zero-order valence-corrected chi connectivity index (χ0v) is 9.30. The Morgan fingerprint density at radius 3 is 2.93 bits per heavy atom. The van der Waals surface area contributed by atoms with E-state index in [9.17, 15) is 9.50 Å². The molecule has 0 saturated heterocycles. The first-order chi connectivity index (χ1) is 6.65. The number of benzene rings is 1. The maximum Gasteiger partial charge on any atom is 0.137 e. The number of halogens is 2. The maximum absolute atomic E-state index is 13.1. The van der Waals surface area contributed by atoms with Crippen LogP contribution in [0.2, 0.25) is 0 Å². The van der Waals surface area contributed by atoms with Crippen LogP contribution in [0.15, 0.2) is 35.3 Å². The lowest BCUT2D eigenvalue weighted by atomic mass is 10.1. The van der Waals surface area contributed by atoms with Crippen LogP contribution in [0.3, 0.4) is 0 Å². The summed E-state index contributed by atoms with van der Waals surface area (Å²) in [5.74, 6) is -0.298. The van der Waals surface area contributed by atoms with Crippen LogP contribution in [0.25, 0.3) is 0 Å². The van der Waals surface area contributed by atoms with E-state index in [-0.39, 0.29) is 5.82 Å². The fourth-order valence-electron chi connectivity index (χ4n) is 1.24. The number of hydrogen-bond donors (Lipinski definition) is 1. The Balaban J connectivity index is 2.76. The summed E-state index contributed by atoms with van der Waals surface area (Å²) in [4.78, 5) is 0. The second-order valence-corrected chi connectivity index (χ2v) is 3.89. The van der Waals surface area contributed by atoms with Crippen LogP contribution in [-0.2, 0) is 6.42 Å². The topological polar surface area (TPSA) is 20.2 Å². The molecule has 1 aromatic carbocycles. The highest BCUT2D eigenvalue weighted by Gasteiger charge is 2.09. The maximum atomic E-state index is 13.1. The lowest BCUT2D eigenvalue weighted by Crippen LogP contribution is -2.09. The molecule has 0 aliphatic rings. The summed E-state index contributed by atoms with van der Waals surface area (Å²) in [5.41, 5.74) is 0.777. The molecule has 1 rings (SSSR count). The van der Waals surface area contributed by atoms with Gasteiger partial charge in [-0.25, -0.2) is 4.39 Å². The van der Waals surface area contributed by atoms with Crippen molar-refractivity contribution in [3.63, 3.8) is 0 Å².